The summed E-state index contributed by atoms with van der Waals surface area (Å²) in [4.78, 5) is 9.85. The van der Waals surface area contributed by atoms with Crippen molar-refractivity contribution in [3.8, 4) is 0 Å². The van der Waals surface area contributed by atoms with Crippen LogP contribution in [0.4, 0.5) is 0 Å². The molecule has 0 spiro atoms. The number of carbonyl (C=O) groups is 1. The molecule has 0 aliphatic rings. The lowest BCUT2D eigenvalue weighted by Gasteiger charge is -2.33. The van der Waals surface area contributed by atoms with E-state index in [0.717, 1.165) is 12.8 Å². The van der Waals surface area contributed by atoms with Crippen molar-refractivity contribution >= 4 is 16.4 Å². The smallest absolute Gasteiger partial charge is 0.293 e. The van der Waals surface area contributed by atoms with Crippen LogP contribution in [0.1, 0.15) is 26.7 Å². The van der Waals surface area contributed by atoms with Gasteiger partial charge in [0.1, 0.15) is 0 Å². The van der Waals surface area contributed by atoms with E-state index < -0.39 is 9.93 Å². The molecule has 0 saturated carbocycles. The van der Waals surface area contributed by atoms with Crippen LogP contribution in [0.15, 0.2) is 0 Å². The Morgan fingerprint density at radius 1 is 1.38 bits per heavy atom. The zero-order chi connectivity index (χ0) is 10.5. The monoisotopic (exact) mass is 208 g/mol. The minimum Gasteiger partial charge on any atom is -0.468 e. The highest BCUT2D eigenvalue weighted by molar-refractivity contribution is 8.02. The van der Waals surface area contributed by atoms with Gasteiger partial charge in [-0.3, -0.25) is 9.00 Å². The number of carbonyl (C=O) groups excluding carboxylic acids is 1. The highest BCUT2D eigenvalue weighted by Gasteiger charge is 2.26. The molecule has 0 saturated heterocycles. The van der Waals surface area contributed by atoms with Crippen LogP contribution in [-0.4, -0.2) is 34.5 Å². The lowest BCUT2D eigenvalue weighted by Crippen LogP contribution is -2.36. The van der Waals surface area contributed by atoms with Crippen LogP contribution in [0, 0.1) is 0 Å². The Labute approximate surface area is 81.3 Å². The molecule has 0 N–H and O–H groups in total. The molecule has 0 radical (unpaired) electrons. The van der Waals surface area contributed by atoms with Gasteiger partial charge in [-0.25, -0.2) is 0 Å². The normalized spacial score (nSPS) is 13.8. The van der Waals surface area contributed by atoms with Crippen LogP contribution in [-0.2, 0) is 19.5 Å². The van der Waals surface area contributed by atoms with Crippen molar-refractivity contribution in [2.75, 3.05) is 19.1 Å². The number of thiol groups is 1. The fraction of sp³-hybridized carbons (Fsp3) is 0.889. The summed E-state index contributed by atoms with van der Waals surface area (Å²) in [6.07, 6.45) is 5.20. The van der Waals surface area contributed by atoms with E-state index in [1.165, 1.54) is 0 Å². The SMILES string of the molecule is CC(C)(CCCOC=O)[SH](C)(C)=O. The van der Waals surface area contributed by atoms with Gasteiger partial charge in [0, 0.05) is 4.75 Å². The molecule has 0 atom stereocenters. The summed E-state index contributed by atoms with van der Waals surface area (Å²) in [6.45, 7) is 4.86. The summed E-state index contributed by atoms with van der Waals surface area (Å²) >= 11 is 0. The molecule has 0 aromatic carbocycles. The molecule has 4 heteroatoms. The average Bonchev–Trinajstić information content (AvgIpc) is 1.96. The zero-order valence-electron chi connectivity index (χ0n) is 8.87. The minimum atomic E-state index is -2.06. The second-order valence-corrected chi connectivity index (χ2v) is 8.15. The fourth-order valence-corrected chi connectivity index (χ4v) is 1.60. The Morgan fingerprint density at radius 2 is 1.92 bits per heavy atom. The first kappa shape index (κ1) is 12.6. The summed E-state index contributed by atoms with van der Waals surface area (Å²) in [7, 11) is -2.06. The topological polar surface area (TPSA) is 43.4 Å². The van der Waals surface area contributed by atoms with Crippen molar-refractivity contribution in [3.63, 3.8) is 0 Å². The number of ether oxygens (including phenoxy) is 1. The third-order valence-corrected chi connectivity index (χ3v) is 5.72. The van der Waals surface area contributed by atoms with Gasteiger partial charge in [-0.2, -0.15) is 0 Å². The Bertz CT molecular complexity index is 205. The van der Waals surface area contributed by atoms with Gasteiger partial charge in [-0.05, 0) is 25.4 Å². The van der Waals surface area contributed by atoms with Crippen LogP contribution < -0.4 is 0 Å². The molecular formula is C9H20O3S. The largest absolute Gasteiger partial charge is 0.468 e. The maximum Gasteiger partial charge on any atom is 0.293 e. The summed E-state index contributed by atoms with van der Waals surface area (Å²) in [5.74, 6) is 0. The fourth-order valence-electron chi connectivity index (χ4n) is 0.905. The highest BCUT2D eigenvalue weighted by atomic mass is 32.2. The lowest BCUT2D eigenvalue weighted by molar-refractivity contribution is -0.128. The quantitative estimate of drug-likeness (QED) is 0.402. The van der Waals surface area contributed by atoms with Crippen molar-refractivity contribution < 1.29 is 13.7 Å². The molecule has 0 unspecified atom stereocenters. The van der Waals surface area contributed by atoms with Crippen molar-refractivity contribution in [1.29, 1.82) is 0 Å². The zero-order valence-corrected chi connectivity index (χ0v) is 9.77. The predicted molar refractivity (Wildman–Crippen MR) is 56.7 cm³/mol. The van der Waals surface area contributed by atoms with Crippen LogP contribution in [0.3, 0.4) is 0 Å². The summed E-state index contributed by atoms with van der Waals surface area (Å²) in [5.41, 5.74) is 0. The van der Waals surface area contributed by atoms with E-state index in [-0.39, 0.29) is 4.75 Å². The van der Waals surface area contributed by atoms with Crippen LogP contribution >= 0.6 is 0 Å². The Kier molecular flexibility index (Phi) is 4.61. The third-order valence-electron chi connectivity index (χ3n) is 2.58. The van der Waals surface area contributed by atoms with E-state index in [9.17, 15) is 9.00 Å². The maximum absolute atomic E-state index is 11.8. The van der Waals surface area contributed by atoms with Gasteiger partial charge in [-0.1, -0.05) is 13.8 Å². The van der Waals surface area contributed by atoms with E-state index in [4.69, 9.17) is 0 Å². The predicted octanol–water partition coefficient (Wildman–Crippen LogP) is 0.994. The molecule has 0 aromatic rings. The van der Waals surface area contributed by atoms with Gasteiger partial charge in [0.15, 0.2) is 0 Å². The first-order valence-corrected chi connectivity index (χ1v) is 7.02. The molecule has 0 amide bonds. The van der Waals surface area contributed by atoms with Crippen molar-refractivity contribution in [3.05, 3.63) is 0 Å². The maximum atomic E-state index is 11.8. The Balaban J connectivity index is 3.90. The molecule has 0 aliphatic carbocycles. The molecule has 0 aliphatic heterocycles. The Morgan fingerprint density at radius 3 is 2.31 bits per heavy atom. The molecular weight excluding hydrogens is 188 g/mol. The Hall–Kier alpha value is -0.380. The van der Waals surface area contributed by atoms with Crippen molar-refractivity contribution in [2.45, 2.75) is 31.4 Å². The van der Waals surface area contributed by atoms with Crippen LogP contribution in [0.5, 0.6) is 0 Å². The van der Waals surface area contributed by atoms with Crippen LogP contribution in [0.2, 0.25) is 0 Å². The summed E-state index contributed by atoms with van der Waals surface area (Å²) < 4.78 is 16.2. The van der Waals surface area contributed by atoms with E-state index in [0.29, 0.717) is 13.1 Å². The van der Waals surface area contributed by atoms with Gasteiger partial charge < -0.3 is 4.74 Å². The van der Waals surface area contributed by atoms with Gasteiger partial charge in [-0.15, -0.1) is 9.93 Å². The van der Waals surface area contributed by atoms with Crippen LogP contribution in [0.25, 0.3) is 0 Å². The standard InChI is InChI=1S/C9H20O3S/c1-9(2,13(3,4)11)6-5-7-12-8-10/h8,13H,5-7H2,1-4H3. The first-order valence-electron chi connectivity index (χ1n) is 4.41. The highest BCUT2D eigenvalue weighted by Crippen LogP contribution is 2.25. The van der Waals surface area contributed by atoms with E-state index >= 15 is 0 Å². The van der Waals surface area contributed by atoms with E-state index in [1.54, 1.807) is 12.5 Å². The lowest BCUT2D eigenvalue weighted by atomic mass is 10.1. The average molecular weight is 208 g/mol. The number of hydrogen-bond acceptors (Lipinski definition) is 3. The van der Waals surface area contributed by atoms with E-state index in [2.05, 4.69) is 4.74 Å². The van der Waals surface area contributed by atoms with Gasteiger partial charge in [0.05, 0.1) is 6.61 Å². The molecule has 80 valence electrons. The summed E-state index contributed by atoms with van der Waals surface area (Å²) in [5, 5.41) is 0. The first-order chi connectivity index (χ1) is 5.81. The van der Waals surface area contributed by atoms with Crippen molar-refractivity contribution in [2.24, 2.45) is 0 Å². The second-order valence-electron chi connectivity index (χ2n) is 4.23. The van der Waals surface area contributed by atoms with Gasteiger partial charge in [0.2, 0.25) is 0 Å². The number of rotatable bonds is 6. The molecule has 13 heavy (non-hydrogen) atoms. The molecule has 3 nitrogen and oxygen atoms in total. The minimum absolute atomic E-state index is 0.154. The molecule has 0 bridgehead atoms. The number of hydrogen-bond donors (Lipinski definition) is 1. The second kappa shape index (κ2) is 4.74. The van der Waals surface area contributed by atoms with Crippen molar-refractivity contribution in [1.82, 2.24) is 0 Å². The molecule has 0 fully saturated rings. The third kappa shape index (κ3) is 4.41. The van der Waals surface area contributed by atoms with Gasteiger partial charge in [0.25, 0.3) is 6.47 Å². The van der Waals surface area contributed by atoms with E-state index in [1.807, 2.05) is 13.8 Å². The summed E-state index contributed by atoms with van der Waals surface area (Å²) in [6, 6.07) is 0. The molecule has 0 aromatic heterocycles. The molecule has 0 rings (SSSR count). The molecule has 0 heterocycles. The van der Waals surface area contributed by atoms with Gasteiger partial charge >= 0.3 is 0 Å².